The molecule has 8 rings (SSSR count). The van der Waals surface area contributed by atoms with E-state index in [-0.39, 0.29) is 10.8 Å². The van der Waals surface area contributed by atoms with Crippen LogP contribution in [0.3, 0.4) is 0 Å². The number of aromatic nitrogens is 2. The molecular formula is C46H38N4. The summed E-state index contributed by atoms with van der Waals surface area (Å²) < 4.78 is 4.67. The van der Waals surface area contributed by atoms with Crippen LogP contribution in [-0.4, -0.2) is 9.13 Å². The number of rotatable bonds is 3. The first kappa shape index (κ1) is 31.2. The van der Waals surface area contributed by atoms with Gasteiger partial charge >= 0.3 is 0 Å². The normalized spacial score (nSPS) is 12.2. The Hall–Kier alpha value is -6.10. The molecule has 6 aromatic carbocycles. The largest absolute Gasteiger partial charge is 0.309 e. The summed E-state index contributed by atoms with van der Waals surface area (Å²) >= 11 is 0. The SMILES string of the molecule is CC(C)(C)c1ccc2c(c1)c1cc(C(C)(C)C)ccc1n2-c1cc2c3ccccc3n(-c3ccccc3)c2cc1-c1cc(C#N)ccc1C#N. The molecule has 0 spiro atoms. The molecule has 50 heavy (non-hydrogen) atoms. The zero-order valence-corrected chi connectivity index (χ0v) is 29.3. The van der Waals surface area contributed by atoms with Gasteiger partial charge in [-0.25, -0.2) is 0 Å². The number of para-hydroxylation sites is 2. The lowest BCUT2D eigenvalue weighted by Crippen LogP contribution is -2.10. The van der Waals surface area contributed by atoms with Gasteiger partial charge in [-0.2, -0.15) is 10.5 Å². The van der Waals surface area contributed by atoms with E-state index in [2.05, 4.69) is 160 Å². The number of hydrogen-bond acceptors (Lipinski definition) is 2. The van der Waals surface area contributed by atoms with Gasteiger partial charge in [-0.15, -0.1) is 0 Å². The van der Waals surface area contributed by atoms with Crippen LogP contribution in [0, 0.1) is 22.7 Å². The van der Waals surface area contributed by atoms with Crippen molar-refractivity contribution >= 4 is 43.6 Å². The summed E-state index contributed by atoms with van der Waals surface area (Å²) in [4.78, 5) is 0. The highest BCUT2D eigenvalue weighted by Gasteiger charge is 2.24. The average Bonchev–Trinajstić information content (AvgIpc) is 3.62. The molecule has 0 saturated carbocycles. The Balaban J connectivity index is 1.58. The molecule has 0 saturated heterocycles. The zero-order valence-electron chi connectivity index (χ0n) is 29.3. The maximum atomic E-state index is 10.4. The second-order valence-electron chi connectivity index (χ2n) is 15.4. The number of benzene rings is 6. The monoisotopic (exact) mass is 646 g/mol. The van der Waals surface area contributed by atoms with Crippen molar-refractivity contribution < 1.29 is 0 Å². The molecule has 4 nitrogen and oxygen atoms in total. The molecule has 0 N–H and O–H groups in total. The third kappa shape index (κ3) is 4.88. The third-order valence-corrected chi connectivity index (χ3v) is 10.1. The van der Waals surface area contributed by atoms with Crippen LogP contribution < -0.4 is 0 Å². The summed E-state index contributed by atoms with van der Waals surface area (Å²) in [6, 6.07) is 47.3. The Morgan fingerprint density at radius 1 is 0.460 bits per heavy atom. The van der Waals surface area contributed by atoms with E-state index in [0.29, 0.717) is 11.1 Å². The summed E-state index contributed by atoms with van der Waals surface area (Å²) in [5.41, 5.74) is 11.5. The third-order valence-electron chi connectivity index (χ3n) is 10.1. The molecule has 0 aliphatic rings. The minimum atomic E-state index is -0.0208. The lowest BCUT2D eigenvalue weighted by molar-refractivity contribution is 0.590. The second kappa shape index (κ2) is 11.2. The molecule has 2 aromatic heterocycles. The lowest BCUT2D eigenvalue weighted by Gasteiger charge is -2.20. The van der Waals surface area contributed by atoms with Gasteiger partial charge in [0.05, 0.1) is 51.0 Å². The summed E-state index contributed by atoms with van der Waals surface area (Å²) in [5, 5.41) is 25.1. The van der Waals surface area contributed by atoms with Gasteiger partial charge in [0, 0.05) is 38.4 Å². The highest BCUT2D eigenvalue weighted by atomic mass is 15.0. The minimum Gasteiger partial charge on any atom is -0.309 e. The van der Waals surface area contributed by atoms with E-state index in [0.717, 1.165) is 55.3 Å². The van der Waals surface area contributed by atoms with Gasteiger partial charge in [-0.3, -0.25) is 0 Å². The van der Waals surface area contributed by atoms with Crippen LogP contribution in [0.1, 0.15) is 63.8 Å². The van der Waals surface area contributed by atoms with Crippen molar-refractivity contribution in [1.82, 2.24) is 9.13 Å². The van der Waals surface area contributed by atoms with Crippen LogP contribution in [0.4, 0.5) is 0 Å². The molecule has 0 atom stereocenters. The van der Waals surface area contributed by atoms with Crippen molar-refractivity contribution in [2.75, 3.05) is 0 Å². The topological polar surface area (TPSA) is 57.4 Å². The molecular weight excluding hydrogens is 609 g/mol. The molecule has 0 unspecified atom stereocenters. The first-order valence-electron chi connectivity index (χ1n) is 17.1. The van der Waals surface area contributed by atoms with Crippen LogP contribution in [-0.2, 0) is 10.8 Å². The maximum Gasteiger partial charge on any atom is 0.0998 e. The van der Waals surface area contributed by atoms with Gasteiger partial charge in [0.1, 0.15) is 0 Å². The fraction of sp³-hybridized carbons (Fsp3) is 0.174. The van der Waals surface area contributed by atoms with E-state index in [1.165, 1.54) is 21.9 Å². The van der Waals surface area contributed by atoms with Crippen LogP contribution in [0.5, 0.6) is 0 Å². The fourth-order valence-corrected chi connectivity index (χ4v) is 7.41. The molecule has 0 aliphatic heterocycles. The van der Waals surface area contributed by atoms with Crippen LogP contribution >= 0.6 is 0 Å². The molecule has 4 heteroatoms. The van der Waals surface area contributed by atoms with Crippen LogP contribution in [0.25, 0.3) is 66.1 Å². The van der Waals surface area contributed by atoms with Crippen molar-refractivity contribution in [2.45, 2.75) is 52.4 Å². The van der Waals surface area contributed by atoms with Crippen molar-refractivity contribution in [2.24, 2.45) is 0 Å². The standard InChI is InChI=1S/C46H38N4/c1-45(2,3)31-18-20-41-36(23-31)37-24-32(46(4,5)6)19-21-42(37)50(41)44-25-38-34-14-10-11-15-40(34)49(33-12-8-7-9-13-33)43(38)26-39(44)35-22-29(27-47)16-17-30(35)28-48/h7-26H,1-6H3. The van der Waals surface area contributed by atoms with Crippen molar-refractivity contribution in [3.63, 3.8) is 0 Å². The van der Waals surface area contributed by atoms with E-state index in [1.54, 1.807) is 12.1 Å². The predicted molar refractivity (Wildman–Crippen MR) is 207 cm³/mol. The first-order valence-corrected chi connectivity index (χ1v) is 17.1. The average molecular weight is 647 g/mol. The number of nitrogens with zero attached hydrogens (tertiary/aromatic N) is 4. The Kier molecular flexibility index (Phi) is 7.00. The molecule has 0 aliphatic carbocycles. The molecule has 8 aromatic rings. The van der Waals surface area contributed by atoms with E-state index in [1.807, 2.05) is 12.1 Å². The van der Waals surface area contributed by atoms with Gasteiger partial charge in [-0.05, 0) is 94.8 Å². The van der Waals surface area contributed by atoms with Crippen molar-refractivity contribution in [3.8, 4) is 34.6 Å². The van der Waals surface area contributed by atoms with Crippen molar-refractivity contribution in [3.05, 3.63) is 144 Å². The highest BCUT2D eigenvalue weighted by molar-refractivity contribution is 6.14. The molecule has 2 heterocycles. The number of fused-ring (bicyclic) bond motifs is 6. The van der Waals surface area contributed by atoms with Gasteiger partial charge in [-0.1, -0.05) is 90.1 Å². The van der Waals surface area contributed by atoms with E-state index in [9.17, 15) is 10.5 Å². The Labute approximate surface area is 293 Å². The molecule has 0 bridgehead atoms. The Bertz CT molecular complexity index is 2660. The number of nitriles is 2. The summed E-state index contributed by atoms with van der Waals surface area (Å²) in [7, 11) is 0. The lowest BCUT2D eigenvalue weighted by atomic mass is 9.85. The van der Waals surface area contributed by atoms with Crippen LogP contribution in [0.15, 0.2) is 121 Å². The quantitative estimate of drug-likeness (QED) is 0.192. The Morgan fingerprint density at radius 2 is 1.04 bits per heavy atom. The molecule has 0 fully saturated rings. The van der Waals surface area contributed by atoms with Gasteiger partial charge in [0.25, 0.3) is 0 Å². The van der Waals surface area contributed by atoms with Gasteiger partial charge < -0.3 is 9.13 Å². The Morgan fingerprint density at radius 3 is 1.64 bits per heavy atom. The molecule has 0 amide bonds. The van der Waals surface area contributed by atoms with Gasteiger partial charge in [0.2, 0.25) is 0 Å². The maximum absolute atomic E-state index is 10.4. The minimum absolute atomic E-state index is 0.0208. The van der Waals surface area contributed by atoms with Gasteiger partial charge in [0.15, 0.2) is 0 Å². The summed E-state index contributed by atoms with van der Waals surface area (Å²) in [6.07, 6.45) is 0. The first-order chi connectivity index (χ1) is 24.0. The van der Waals surface area contributed by atoms with Crippen LogP contribution in [0.2, 0.25) is 0 Å². The summed E-state index contributed by atoms with van der Waals surface area (Å²) in [5.74, 6) is 0. The van der Waals surface area contributed by atoms with E-state index < -0.39 is 0 Å². The highest BCUT2D eigenvalue weighted by Crippen LogP contribution is 2.44. The fourth-order valence-electron chi connectivity index (χ4n) is 7.41. The molecule has 0 radical (unpaired) electrons. The number of hydrogen-bond donors (Lipinski definition) is 0. The predicted octanol–water partition coefficient (Wildman–Crippen LogP) is 11.9. The smallest absolute Gasteiger partial charge is 0.0998 e. The molecule has 242 valence electrons. The zero-order chi connectivity index (χ0) is 34.9. The van der Waals surface area contributed by atoms with E-state index in [4.69, 9.17) is 0 Å². The second-order valence-corrected chi connectivity index (χ2v) is 15.4. The summed E-state index contributed by atoms with van der Waals surface area (Å²) in [6.45, 7) is 13.5. The van der Waals surface area contributed by atoms with E-state index >= 15 is 0 Å². The van der Waals surface area contributed by atoms with Crippen molar-refractivity contribution in [1.29, 1.82) is 10.5 Å².